The van der Waals surface area contributed by atoms with Crippen LogP contribution in [0, 0.1) is 5.92 Å². The van der Waals surface area contributed by atoms with E-state index in [1.807, 2.05) is 0 Å². The summed E-state index contributed by atoms with van der Waals surface area (Å²) in [5.74, 6) is 0.702. The molecule has 0 amide bonds. The summed E-state index contributed by atoms with van der Waals surface area (Å²) in [5, 5.41) is 0.824. The SMILES string of the molecule is CCC(N)Cc1ccc(N(C)CC2CCOCC2)c(Cl)c1. The molecule has 0 bridgehead atoms. The third-order valence-corrected chi connectivity index (χ3v) is 4.62. The van der Waals surface area contributed by atoms with Crippen molar-refractivity contribution in [2.24, 2.45) is 11.7 Å². The van der Waals surface area contributed by atoms with E-state index >= 15 is 0 Å². The molecule has 1 unspecified atom stereocenters. The normalized spacial score (nSPS) is 17.7. The van der Waals surface area contributed by atoms with Gasteiger partial charge in [0.1, 0.15) is 0 Å². The molecule has 1 saturated heterocycles. The molecule has 1 atom stereocenters. The topological polar surface area (TPSA) is 38.5 Å². The first-order chi connectivity index (χ1) is 10.1. The number of halogens is 1. The number of ether oxygens (including phenoxy) is 1. The Morgan fingerprint density at radius 3 is 2.71 bits per heavy atom. The van der Waals surface area contributed by atoms with Crippen molar-refractivity contribution in [3.05, 3.63) is 28.8 Å². The minimum Gasteiger partial charge on any atom is -0.381 e. The van der Waals surface area contributed by atoms with Gasteiger partial charge in [0.2, 0.25) is 0 Å². The molecule has 0 aromatic heterocycles. The fourth-order valence-corrected chi connectivity index (χ4v) is 3.20. The summed E-state index contributed by atoms with van der Waals surface area (Å²) in [6.45, 7) is 4.93. The summed E-state index contributed by atoms with van der Waals surface area (Å²) in [7, 11) is 2.12. The van der Waals surface area contributed by atoms with E-state index in [0.29, 0.717) is 5.92 Å². The number of anilines is 1. The number of nitrogens with zero attached hydrogens (tertiary/aromatic N) is 1. The third-order valence-electron chi connectivity index (χ3n) is 4.32. The monoisotopic (exact) mass is 310 g/mol. The van der Waals surface area contributed by atoms with E-state index in [1.165, 1.54) is 5.56 Å². The summed E-state index contributed by atoms with van der Waals surface area (Å²) in [4.78, 5) is 2.27. The second-order valence-electron chi connectivity index (χ2n) is 6.09. The first-order valence-corrected chi connectivity index (χ1v) is 8.30. The minimum absolute atomic E-state index is 0.215. The Balaban J connectivity index is 1.98. The molecule has 0 radical (unpaired) electrons. The van der Waals surface area contributed by atoms with E-state index in [0.717, 1.165) is 56.2 Å². The summed E-state index contributed by atoms with van der Waals surface area (Å²) in [6, 6.07) is 6.55. The van der Waals surface area contributed by atoms with Crippen LogP contribution in [0.15, 0.2) is 18.2 Å². The zero-order chi connectivity index (χ0) is 15.2. The van der Waals surface area contributed by atoms with Crippen LogP contribution in [-0.4, -0.2) is 32.8 Å². The molecule has 21 heavy (non-hydrogen) atoms. The van der Waals surface area contributed by atoms with Gasteiger partial charge in [-0.05, 0) is 49.3 Å². The molecule has 1 aromatic carbocycles. The molecular weight excluding hydrogens is 284 g/mol. The predicted octanol–water partition coefficient (Wildman–Crippen LogP) is 3.48. The van der Waals surface area contributed by atoms with Crippen LogP contribution in [0.5, 0.6) is 0 Å². The third kappa shape index (κ3) is 4.87. The lowest BCUT2D eigenvalue weighted by Crippen LogP contribution is -2.29. The van der Waals surface area contributed by atoms with Gasteiger partial charge in [0.25, 0.3) is 0 Å². The minimum atomic E-state index is 0.215. The number of rotatable bonds is 6. The van der Waals surface area contributed by atoms with Gasteiger partial charge in [-0.1, -0.05) is 24.6 Å². The zero-order valence-electron chi connectivity index (χ0n) is 13.1. The molecule has 2 N–H and O–H groups in total. The summed E-state index contributed by atoms with van der Waals surface area (Å²) < 4.78 is 5.42. The van der Waals surface area contributed by atoms with Crippen LogP contribution in [-0.2, 0) is 11.2 Å². The van der Waals surface area contributed by atoms with Gasteiger partial charge in [-0.3, -0.25) is 0 Å². The number of benzene rings is 1. The Morgan fingerprint density at radius 1 is 1.38 bits per heavy atom. The van der Waals surface area contributed by atoms with Crippen molar-refractivity contribution < 1.29 is 4.74 Å². The largest absolute Gasteiger partial charge is 0.381 e. The highest BCUT2D eigenvalue weighted by molar-refractivity contribution is 6.33. The lowest BCUT2D eigenvalue weighted by Gasteiger charge is -2.29. The highest BCUT2D eigenvalue weighted by Crippen LogP contribution is 2.28. The van der Waals surface area contributed by atoms with E-state index < -0.39 is 0 Å². The van der Waals surface area contributed by atoms with Crippen LogP contribution in [0.2, 0.25) is 5.02 Å². The number of hydrogen-bond donors (Lipinski definition) is 1. The Hall–Kier alpha value is -0.770. The number of hydrogen-bond acceptors (Lipinski definition) is 3. The lowest BCUT2D eigenvalue weighted by atomic mass is 9.99. The van der Waals surface area contributed by atoms with E-state index in [4.69, 9.17) is 22.1 Å². The maximum atomic E-state index is 6.46. The molecule has 2 rings (SSSR count). The van der Waals surface area contributed by atoms with Crippen LogP contribution < -0.4 is 10.6 Å². The summed E-state index contributed by atoms with van der Waals surface area (Å²) >= 11 is 6.46. The van der Waals surface area contributed by atoms with Crippen LogP contribution in [0.4, 0.5) is 5.69 Å². The zero-order valence-corrected chi connectivity index (χ0v) is 13.9. The van der Waals surface area contributed by atoms with Gasteiger partial charge in [0.05, 0.1) is 10.7 Å². The highest BCUT2D eigenvalue weighted by Gasteiger charge is 2.17. The van der Waals surface area contributed by atoms with E-state index in [9.17, 15) is 0 Å². The van der Waals surface area contributed by atoms with Gasteiger partial charge in [-0.2, -0.15) is 0 Å². The molecule has 1 aromatic rings. The van der Waals surface area contributed by atoms with Gasteiger partial charge in [0, 0.05) is 32.8 Å². The first-order valence-electron chi connectivity index (χ1n) is 7.93. The average Bonchev–Trinajstić information content (AvgIpc) is 2.48. The van der Waals surface area contributed by atoms with Crippen molar-refractivity contribution in [2.45, 2.75) is 38.6 Å². The molecular formula is C17H27ClN2O. The van der Waals surface area contributed by atoms with Gasteiger partial charge >= 0.3 is 0 Å². The summed E-state index contributed by atoms with van der Waals surface area (Å²) in [5.41, 5.74) is 8.34. The molecule has 1 heterocycles. The van der Waals surface area contributed by atoms with Crippen molar-refractivity contribution in [3.63, 3.8) is 0 Å². The fraction of sp³-hybridized carbons (Fsp3) is 0.647. The molecule has 3 nitrogen and oxygen atoms in total. The van der Waals surface area contributed by atoms with Gasteiger partial charge in [0.15, 0.2) is 0 Å². The second-order valence-corrected chi connectivity index (χ2v) is 6.50. The second kappa shape index (κ2) is 8.02. The fourth-order valence-electron chi connectivity index (χ4n) is 2.85. The lowest BCUT2D eigenvalue weighted by molar-refractivity contribution is 0.0685. The van der Waals surface area contributed by atoms with E-state index in [-0.39, 0.29) is 6.04 Å². The Kier molecular flexibility index (Phi) is 6.34. The molecule has 118 valence electrons. The molecule has 1 fully saturated rings. The quantitative estimate of drug-likeness (QED) is 0.874. The molecule has 0 saturated carbocycles. The average molecular weight is 311 g/mol. The van der Waals surface area contributed by atoms with Crippen molar-refractivity contribution in [1.29, 1.82) is 0 Å². The smallest absolute Gasteiger partial charge is 0.0642 e. The van der Waals surface area contributed by atoms with Crippen molar-refractivity contribution in [2.75, 3.05) is 31.7 Å². The van der Waals surface area contributed by atoms with Crippen molar-refractivity contribution in [3.8, 4) is 0 Å². The molecule has 1 aliphatic rings. The van der Waals surface area contributed by atoms with Gasteiger partial charge in [-0.25, -0.2) is 0 Å². The van der Waals surface area contributed by atoms with Crippen molar-refractivity contribution in [1.82, 2.24) is 0 Å². The van der Waals surface area contributed by atoms with E-state index in [2.05, 4.69) is 37.1 Å². The van der Waals surface area contributed by atoms with Gasteiger partial charge in [-0.15, -0.1) is 0 Å². The molecule has 1 aliphatic heterocycles. The predicted molar refractivity (Wildman–Crippen MR) is 90.2 cm³/mol. The highest BCUT2D eigenvalue weighted by atomic mass is 35.5. The number of nitrogens with two attached hydrogens (primary N) is 1. The first kappa shape index (κ1) is 16.6. The Labute approximate surface area is 133 Å². The Bertz CT molecular complexity index is 446. The maximum absolute atomic E-state index is 6.46. The molecule has 4 heteroatoms. The van der Waals surface area contributed by atoms with Crippen LogP contribution in [0.1, 0.15) is 31.7 Å². The van der Waals surface area contributed by atoms with Crippen LogP contribution in [0.25, 0.3) is 0 Å². The maximum Gasteiger partial charge on any atom is 0.0642 e. The van der Waals surface area contributed by atoms with Crippen LogP contribution >= 0.6 is 11.6 Å². The van der Waals surface area contributed by atoms with E-state index in [1.54, 1.807) is 0 Å². The standard InChI is InChI=1S/C17H27ClN2O/c1-3-15(19)10-14-4-5-17(16(18)11-14)20(2)12-13-6-8-21-9-7-13/h4-5,11,13,15H,3,6-10,12,19H2,1-2H3. The molecule has 0 aliphatic carbocycles. The summed E-state index contributed by atoms with van der Waals surface area (Å²) in [6.07, 6.45) is 4.17. The van der Waals surface area contributed by atoms with Crippen LogP contribution in [0.3, 0.4) is 0 Å². The molecule has 0 spiro atoms. The van der Waals surface area contributed by atoms with Crippen molar-refractivity contribution >= 4 is 17.3 Å². The Morgan fingerprint density at radius 2 is 2.10 bits per heavy atom. The van der Waals surface area contributed by atoms with Gasteiger partial charge < -0.3 is 15.4 Å².